The lowest BCUT2D eigenvalue weighted by Crippen LogP contribution is -2.58. The number of hydrogen-bond donors (Lipinski definition) is 4. The molecule has 9 heteroatoms. The first-order valence-corrected chi connectivity index (χ1v) is 13.3. The number of thioether (sulfide) groups is 1. The first-order valence-electron chi connectivity index (χ1n) is 12.3. The van der Waals surface area contributed by atoms with Crippen molar-refractivity contribution in [3.63, 3.8) is 0 Å². The summed E-state index contributed by atoms with van der Waals surface area (Å²) in [6, 6.07) is 13.1. The first-order chi connectivity index (χ1) is 17.7. The molecule has 3 atom stereocenters. The summed E-state index contributed by atoms with van der Waals surface area (Å²) >= 11 is 1.45. The van der Waals surface area contributed by atoms with Crippen LogP contribution in [-0.2, 0) is 22.4 Å². The average Bonchev–Trinajstić information content (AvgIpc) is 3.50. The molecule has 1 fully saturated rings. The van der Waals surface area contributed by atoms with Crippen molar-refractivity contribution >= 4 is 35.2 Å². The molecule has 2 aliphatic heterocycles. The Balaban J connectivity index is 1.59. The Labute approximate surface area is 221 Å². The minimum atomic E-state index is -1.56. The molecule has 1 saturated heterocycles. The molecule has 0 aliphatic carbocycles. The Morgan fingerprint density at radius 3 is 2.70 bits per heavy atom. The van der Waals surface area contributed by atoms with Crippen LogP contribution in [0, 0.1) is 12.3 Å². The van der Waals surface area contributed by atoms with Gasteiger partial charge in [0, 0.05) is 22.5 Å². The maximum absolute atomic E-state index is 13.6. The monoisotopic (exact) mass is 520 g/mol. The summed E-state index contributed by atoms with van der Waals surface area (Å²) < 4.78 is -0.580. The molecule has 0 aromatic heterocycles. The van der Waals surface area contributed by atoms with E-state index in [2.05, 4.69) is 21.9 Å². The Morgan fingerprint density at radius 2 is 1.97 bits per heavy atom. The Bertz CT molecular complexity index is 1210. The molecule has 194 valence electrons. The highest BCUT2D eigenvalue weighted by Gasteiger charge is 2.49. The molecular formula is C28H32N4O4S. The second-order valence-electron chi connectivity index (χ2n) is 9.73. The zero-order valence-corrected chi connectivity index (χ0v) is 21.8. The molecule has 37 heavy (non-hydrogen) atoms. The van der Waals surface area contributed by atoms with Crippen LogP contribution in [0.15, 0.2) is 48.5 Å². The second kappa shape index (κ2) is 11.3. The minimum Gasteiger partial charge on any atom is -0.384 e. The molecule has 2 aromatic rings. The van der Waals surface area contributed by atoms with Gasteiger partial charge in [0.1, 0.15) is 6.04 Å². The normalized spacial score (nSPS) is 19.2. The van der Waals surface area contributed by atoms with E-state index in [-0.39, 0.29) is 30.7 Å². The van der Waals surface area contributed by atoms with Crippen LogP contribution >= 0.6 is 11.8 Å². The van der Waals surface area contributed by atoms with Crippen molar-refractivity contribution in [2.75, 3.05) is 24.3 Å². The van der Waals surface area contributed by atoms with E-state index in [1.807, 2.05) is 56.3 Å². The number of carbonyl (C=O) groups is 3. The van der Waals surface area contributed by atoms with Gasteiger partial charge in [-0.3, -0.25) is 14.4 Å². The number of nitrogens with zero attached hydrogens (tertiary/aromatic N) is 1. The fourth-order valence-corrected chi connectivity index (χ4v) is 6.04. The summed E-state index contributed by atoms with van der Waals surface area (Å²) in [4.78, 5) is 41.3. The molecule has 8 nitrogen and oxygen atoms in total. The molecule has 0 bridgehead atoms. The lowest BCUT2D eigenvalue weighted by molar-refractivity contribution is -0.147. The standard InChI is InChI=1S/C28H32N4O4S/c1-4-14-30-26(35)24-28(2,3)37-17-32(24)27(36)23(33)22(16-18-9-6-5-7-10-18)31-25(34)20-11-8-12-21-19(20)13-15-29-21/h1,5-12,22-24,29,33H,13-17H2,2-3H3,(H,30,35)(H,31,34). The van der Waals surface area contributed by atoms with Crippen molar-refractivity contribution in [2.45, 2.75) is 49.6 Å². The highest BCUT2D eigenvalue weighted by molar-refractivity contribution is 8.00. The smallest absolute Gasteiger partial charge is 0.254 e. The number of aliphatic hydroxyl groups is 1. The Morgan fingerprint density at radius 1 is 1.22 bits per heavy atom. The topological polar surface area (TPSA) is 111 Å². The quantitative estimate of drug-likeness (QED) is 0.395. The van der Waals surface area contributed by atoms with Crippen molar-refractivity contribution in [3.05, 3.63) is 65.2 Å². The average molecular weight is 521 g/mol. The van der Waals surface area contributed by atoms with E-state index in [0.29, 0.717) is 5.56 Å². The third kappa shape index (κ3) is 5.76. The number of rotatable bonds is 8. The van der Waals surface area contributed by atoms with E-state index in [0.717, 1.165) is 29.8 Å². The zero-order chi connectivity index (χ0) is 26.6. The highest BCUT2D eigenvalue weighted by Crippen LogP contribution is 2.39. The number of fused-ring (bicyclic) bond motifs is 1. The van der Waals surface area contributed by atoms with Gasteiger partial charge in [0.15, 0.2) is 6.10 Å². The molecule has 2 aromatic carbocycles. The zero-order valence-electron chi connectivity index (χ0n) is 21.0. The van der Waals surface area contributed by atoms with Gasteiger partial charge >= 0.3 is 0 Å². The van der Waals surface area contributed by atoms with Crippen molar-refractivity contribution in [3.8, 4) is 12.3 Å². The van der Waals surface area contributed by atoms with Crippen molar-refractivity contribution in [1.29, 1.82) is 0 Å². The van der Waals surface area contributed by atoms with E-state index < -0.39 is 28.8 Å². The summed E-state index contributed by atoms with van der Waals surface area (Å²) in [6.07, 6.45) is 4.70. The summed E-state index contributed by atoms with van der Waals surface area (Å²) in [5, 5.41) is 20.2. The van der Waals surface area contributed by atoms with Crippen LogP contribution in [0.3, 0.4) is 0 Å². The van der Waals surface area contributed by atoms with E-state index in [9.17, 15) is 19.5 Å². The number of anilines is 1. The fourth-order valence-electron chi connectivity index (χ4n) is 4.90. The maximum atomic E-state index is 13.6. The number of amides is 3. The number of hydrogen-bond acceptors (Lipinski definition) is 6. The van der Waals surface area contributed by atoms with Gasteiger partial charge in [0.2, 0.25) is 5.91 Å². The van der Waals surface area contributed by atoms with Crippen molar-refractivity contribution in [1.82, 2.24) is 15.5 Å². The molecule has 2 aliphatic rings. The van der Waals surface area contributed by atoms with Crippen LogP contribution in [-0.4, -0.2) is 69.6 Å². The minimum absolute atomic E-state index is 0.0452. The van der Waals surface area contributed by atoms with Crippen molar-refractivity contribution < 1.29 is 19.5 Å². The number of aliphatic hydroxyl groups excluding tert-OH is 1. The third-order valence-electron chi connectivity index (χ3n) is 6.80. The van der Waals surface area contributed by atoms with Crippen LogP contribution in [0.2, 0.25) is 0 Å². The van der Waals surface area contributed by atoms with Gasteiger partial charge in [-0.25, -0.2) is 0 Å². The Kier molecular flexibility index (Phi) is 8.10. The lowest BCUT2D eigenvalue weighted by Gasteiger charge is -2.33. The van der Waals surface area contributed by atoms with Gasteiger partial charge in [0.05, 0.1) is 18.5 Å². The molecule has 0 radical (unpaired) electrons. The second-order valence-corrected chi connectivity index (χ2v) is 11.3. The largest absolute Gasteiger partial charge is 0.384 e. The van der Waals surface area contributed by atoms with Crippen LogP contribution in [0.4, 0.5) is 5.69 Å². The van der Waals surface area contributed by atoms with Crippen molar-refractivity contribution in [2.24, 2.45) is 0 Å². The summed E-state index contributed by atoms with van der Waals surface area (Å²) in [5.74, 6) is 1.27. The fraction of sp³-hybridized carbons (Fsp3) is 0.393. The van der Waals surface area contributed by atoms with Gasteiger partial charge in [-0.05, 0) is 49.9 Å². The lowest BCUT2D eigenvalue weighted by atomic mass is 9.96. The Hall–Kier alpha value is -3.48. The van der Waals surface area contributed by atoms with Crippen LogP contribution < -0.4 is 16.0 Å². The molecule has 3 amide bonds. The molecule has 4 rings (SSSR count). The third-order valence-corrected chi connectivity index (χ3v) is 8.18. The van der Waals surface area contributed by atoms with Crippen LogP contribution in [0.1, 0.15) is 35.3 Å². The highest BCUT2D eigenvalue weighted by atomic mass is 32.2. The molecule has 0 spiro atoms. The van der Waals surface area contributed by atoms with Gasteiger partial charge in [-0.15, -0.1) is 18.2 Å². The van der Waals surface area contributed by atoms with Crippen LogP contribution in [0.5, 0.6) is 0 Å². The molecule has 4 N–H and O–H groups in total. The number of carbonyl (C=O) groups excluding carboxylic acids is 3. The van der Waals surface area contributed by atoms with E-state index in [1.54, 1.807) is 6.07 Å². The number of terminal acetylenes is 1. The summed E-state index contributed by atoms with van der Waals surface area (Å²) in [6.45, 7) is 4.55. The van der Waals surface area contributed by atoms with E-state index >= 15 is 0 Å². The van der Waals surface area contributed by atoms with Gasteiger partial charge in [0.25, 0.3) is 11.8 Å². The number of nitrogens with one attached hydrogen (secondary N) is 3. The summed E-state index contributed by atoms with van der Waals surface area (Å²) in [7, 11) is 0. The van der Waals surface area contributed by atoms with Gasteiger partial charge in [-0.1, -0.05) is 42.3 Å². The molecule has 3 unspecified atom stereocenters. The molecule has 2 heterocycles. The van der Waals surface area contributed by atoms with Gasteiger partial charge in [-0.2, -0.15) is 0 Å². The van der Waals surface area contributed by atoms with Crippen LogP contribution in [0.25, 0.3) is 0 Å². The molecular weight excluding hydrogens is 488 g/mol. The SMILES string of the molecule is C#CCNC(=O)C1N(C(=O)C(O)C(Cc2ccccc2)NC(=O)c2cccc3c2CCN3)CSC1(C)C. The van der Waals surface area contributed by atoms with E-state index in [1.165, 1.54) is 16.7 Å². The number of benzene rings is 2. The maximum Gasteiger partial charge on any atom is 0.254 e. The first kappa shape index (κ1) is 26.6. The predicted molar refractivity (Wildman–Crippen MR) is 145 cm³/mol. The summed E-state index contributed by atoms with van der Waals surface area (Å²) in [5.41, 5.74) is 3.21. The van der Waals surface area contributed by atoms with Gasteiger partial charge < -0.3 is 26.0 Å². The van der Waals surface area contributed by atoms with E-state index in [4.69, 9.17) is 6.42 Å². The predicted octanol–water partition coefficient (Wildman–Crippen LogP) is 1.79. The molecule has 0 saturated carbocycles.